The molecule has 1 aromatic rings. The Kier molecular flexibility index (Phi) is 5.13. The number of sulfonamides is 1. The first-order valence-electron chi connectivity index (χ1n) is 8.44. The normalized spacial score (nSPS) is 25.9. The summed E-state index contributed by atoms with van der Waals surface area (Å²) in [6, 6.07) is 3.91. The molecule has 7 nitrogen and oxygen atoms in total. The summed E-state index contributed by atoms with van der Waals surface area (Å²) in [7, 11) is 2.28. The van der Waals surface area contributed by atoms with Crippen molar-refractivity contribution in [2.45, 2.75) is 48.7 Å². The van der Waals surface area contributed by atoms with Crippen LogP contribution in [0.3, 0.4) is 0 Å². The van der Waals surface area contributed by atoms with E-state index >= 15 is 0 Å². The number of nitrogens with one attached hydrogen (secondary N) is 1. The third-order valence-corrected chi connectivity index (χ3v) is 7.24. The standard InChI is InChI=1S/C17H26N2O5S/c1-19(13-7-11-5-6-12(8-13)18-11)25(20,21)17-15(23-3)9-14(22-2)10-16(17)24-4/h9-13,18H,5-8H2,1-4H3. The molecule has 8 heteroatoms. The Morgan fingerprint density at radius 1 is 1.00 bits per heavy atom. The average Bonchev–Trinajstić information content (AvgIpc) is 2.97. The molecule has 0 aromatic heterocycles. The fourth-order valence-corrected chi connectivity index (χ4v) is 5.54. The van der Waals surface area contributed by atoms with Crippen LogP contribution in [0.5, 0.6) is 17.2 Å². The van der Waals surface area contributed by atoms with E-state index in [2.05, 4.69) is 5.32 Å². The van der Waals surface area contributed by atoms with Crippen LogP contribution >= 0.6 is 0 Å². The second-order valence-electron chi connectivity index (χ2n) is 6.65. The van der Waals surface area contributed by atoms with Crippen molar-refractivity contribution in [2.24, 2.45) is 0 Å². The number of rotatable bonds is 6. The molecule has 0 aliphatic carbocycles. The van der Waals surface area contributed by atoms with E-state index in [1.165, 1.54) is 25.6 Å². The highest BCUT2D eigenvalue weighted by molar-refractivity contribution is 7.89. The third kappa shape index (κ3) is 3.30. The zero-order valence-corrected chi connectivity index (χ0v) is 15.9. The van der Waals surface area contributed by atoms with Crippen molar-refractivity contribution in [1.29, 1.82) is 0 Å². The Balaban J connectivity index is 1.98. The number of benzene rings is 1. The largest absolute Gasteiger partial charge is 0.496 e. The Morgan fingerprint density at radius 3 is 1.96 bits per heavy atom. The number of methoxy groups -OCH3 is 3. The molecule has 2 heterocycles. The van der Waals surface area contributed by atoms with E-state index in [1.807, 2.05) is 0 Å². The maximum atomic E-state index is 13.3. The molecular formula is C17H26N2O5S. The predicted molar refractivity (Wildman–Crippen MR) is 94.0 cm³/mol. The van der Waals surface area contributed by atoms with E-state index in [9.17, 15) is 8.42 Å². The van der Waals surface area contributed by atoms with Crippen molar-refractivity contribution in [3.05, 3.63) is 12.1 Å². The second-order valence-corrected chi connectivity index (χ2v) is 8.58. The average molecular weight is 370 g/mol. The van der Waals surface area contributed by atoms with E-state index in [0.717, 1.165) is 25.7 Å². The summed E-state index contributed by atoms with van der Waals surface area (Å²) in [5, 5.41) is 3.54. The summed E-state index contributed by atoms with van der Waals surface area (Å²) in [6.07, 6.45) is 3.88. The van der Waals surface area contributed by atoms with Gasteiger partial charge in [0.1, 0.15) is 17.2 Å². The molecule has 2 bridgehead atoms. The van der Waals surface area contributed by atoms with Gasteiger partial charge in [-0.2, -0.15) is 4.31 Å². The van der Waals surface area contributed by atoms with E-state index in [0.29, 0.717) is 17.8 Å². The number of ether oxygens (including phenoxy) is 3. The van der Waals surface area contributed by atoms with Crippen molar-refractivity contribution >= 4 is 10.0 Å². The van der Waals surface area contributed by atoms with Crippen LogP contribution in [0.1, 0.15) is 25.7 Å². The number of hydrogen-bond donors (Lipinski definition) is 1. The van der Waals surface area contributed by atoms with Gasteiger partial charge in [-0.1, -0.05) is 0 Å². The van der Waals surface area contributed by atoms with Crippen LogP contribution in [0.4, 0.5) is 0 Å². The van der Waals surface area contributed by atoms with E-state index < -0.39 is 10.0 Å². The molecule has 2 aliphatic heterocycles. The summed E-state index contributed by atoms with van der Waals surface area (Å²) < 4.78 is 44.0. The summed E-state index contributed by atoms with van der Waals surface area (Å²) >= 11 is 0. The lowest BCUT2D eigenvalue weighted by molar-refractivity contribution is 0.250. The van der Waals surface area contributed by atoms with E-state index in [-0.39, 0.29) is 22.4 Å². The Bertz CT molecular complexity index is 700. The number of piperidine rings is 1. The number of hydrogen-bond acceptors (Lipinski definition) is 6. The van der Waals surface area contributed by atoms with Gasteiger partial charge in [0.25, 0.3) is 0 Å². The minimum absolute atomic E-state index is 0.0275. The van der Waals surface area contributed by atoms with Gasteiger partial charge in [0.2, 0.25) is 10.0 Å². The molecule has 2 unspecified atom stereocenters. The van der Waals surface area contributed by atoms with Crippen molar-refractivity contribution < 1.29 is 22.6 Å². The molecule has 1 N–H and O–H groups in total. The molecule has 0 spiro atoms. The minimum atomic E-state index is -3.77. The van der Waals surface area contributed by atoms with Gasteiger partial charge in [-0.25, -0.2) is 8.42 Å². The molecule has 2 aliphatic rings. The highest BCUT2D eigenvalue weighted by atomic mass is 32.2. The van der Waals surface area contributed by atoms with Crippen LogP contribution in [0.2, 0.25) is 0 Å². The molecule has 140 valence electrons. The lowest BCUT2D eigenvalue weighted by Gasteiger charge is -2.35. The monoisotopic (exact) mass is 370 g/mol. The summed E-state index contributed by atoms with van der Waals surface area (Å²) in [4.78, 5) is 0.0479. The minimum Gasteiger partial charge on any atom is -0.496 e. The third-order valence-electron chi connectivity index (χ3n) is 5.27. The molecule has 2 fully saturated rings. The first-order valence-corrected chi connectivity index (χ1v) is 9.88. The maximum Gasteiger partial charge on any atom is 0.250 e. The van der Waals surface area contributed by atoms with E-state index in [4.69, 9.17) is 14.2 Å². The molecule has 2 saturated heterocycles. The summed E-state index contributed by atoms with van der Waals surface area (Å²) in [6.45, 7) is 0. The molecule has 3 rings (SSSR count). The Hall–Kier alpha value is -1.51. The van der Waals surface area contributed by atoms with Gasteiger partial charge in [-0.3, -0.25) is 0 Å². The highest BCUT2D eigenvalue weighted by Gasteiger charge is 2.40. The first-order chi connectivity index (χ1) is 11.9. The van der Waals surface area contributed by atoms with Crippen LogP contribution in [-0.4, -0.2) is 59.2 Å². The first kappa shape index (κ1) is 18.3. The smallest absolute Gasteiger partial charge is 0.250 e. The summed E-state index contributed by atoms with van der Waals surface area (Å²) in [5.41, 5.74) is 0. The van der Waals surface area contributed by atoms with Crippen molar-refractivity contribution in [3.8, 4) is 17.2 Å². The molecule has 0 amide bonds. The van der Waals surface area contributed by atoms with Gasteiger partial charge in [0.05, 0.1) is 21.3 Å². The van der Waals surface area contributed by atoms with E-state index in [1.54, 1.807) is 19.2 Å². The molecule has 1 aromatic carbocycles. The lowest BCUT2D eigenvalue weighted by atomic mass is 10.0. The number of fused-ring (bicyclic) bond motifs is 2. The topological polar surface area (TPSA) is 77.1 Å². The zero-order chi connectivity index (χ0) is 18.2. The molecular weight excluding hydrogens is 344 g/mol. The van der Waals surface area contributed by atoms with Crippen LogP contribution < -0.4 is 19.5 Å². The van der Waals surface area contributed by atoms with Gasteiger partial charge in [-0.05, 0) is 25.7 Å². The molecule has 0 saturated carbocycles. The van der Waals surface area contributed by atoms with Gasteiger partial charge < -0.3 is 19.5 Å². The van der Waals surface area contributed by atoms with Gasteiger partial charge in [0, 0.05) is 37.3 Å². The fraction of sp³-hybridized carbons (Fsp3) is 0.647. The fourth-order valence-electron chi connectivity index (χ4n) is 3.89. The van der Waals surface area contributed by atoms with Crippen LogP contribution in [0.25, 0.3) is 0 Å². The van der Waals surface area contributed by atoms with Crippen LogP contribution in [0, 0.1) is 0 Å². The summed E-state index contributed by atoms with van der Waals surface area (Å²) in [5.74, 6) is 0.926. The lowest BCUT2D eigenvalue weighted by Crippen LogP contribution is -2.48. The zero-order valence-electron chi connectivity index (χ0n) is 15.1. The number of nitrogens with zero attached hydrogens (tertiary/aromatic N) is 1. The van der Waals surface area contributed by atoms with Crippen molar-refractivity contribution in [2.75, 3.05) is 28.4 Å². The maximum absolute atomic E-state index is 13.3. The Labute approximate surface area is 149 Å². The molecule has 0 radical (unpaired) electrons. The Morgan fingerprint density at radius 2 is 1.52 bits per heavy atom. The quantitative estimate of drug-likeness (QED) is 0.820. The van der Waals surface area contributed by atoms with Crippen molar-refractivity contribution in [3.63, 3.8) is 0 Å². The van der Waals surface area contributed by atoms with Gasteiger partial charge >= 0.3 is 0 Å². The predicted octanol–water partition coefficient (Wildman–Crippen LogP) is 1.62. The highest BCUT2D eigenvalue weighted by Crippen LogP contribution is 2.40. The molecule has 25 heavy (non-hydrogen) atoms. The van der Waals surface area contributed by atoms with Gasteiger partial charge in [-0.15, -0.1) is 0 Å². The van der Waals surface area contributed by atoms with Crippen LogP contribution in [-0.2, 0) is 10.0 Å². The van der Waals surface area contributed by atoms with Crippen molar-refractivity contribution in [1.82, 2.24) is 9.62 Å². The SMILES string of the molecule is COc1cc(OC)c(S(=O)(=O)N(C)C2CC3CCC(C2)N3)c(OC)c1. The van der Waals surface area contributed by atoms with Crippen LogP contribution in [0.15, 0.2) is 17.0 Å². The van der Waals surface area contributed by atoms with Gasteiger partial charge in [0.15, 0.2) is 4.90 Å². The molecule has 2 atom stereocenters. The second kappa shape index (κ2) is 7.01.